The van der Waals surface area contributed by atoms with Gasteiger partial charge in [0.25, 0.3) is 0 Å². The molecule has 0 bridgehead atoms. The maximum atomic E-state index is 12.2. The molecule has 110 valence electrons. The summed E-state index contributed by atoms with van der Waals surface area (Å²) in [6.07, 6.45) is 0.908. The van der Waals surface area contributed by atoms with Crippen molar-refractivity contribution in [1.82, 2.24) is 9.88 Å². The number of nitrogens with one attached hydrogen (secondary N) is 1. The fourth-order valence-electron chi connectivity index (χ4n) is 2.44. The van der Waals surface area contributed by atoms with Gasteiger partial charge in [0.1, 0.15) is 6.61 Å². The number of aromatic nitrogens is 1. The predicted molar refractivity (Wildman–Crippen MR) is 76.2 cm³/mol. The minimum absolute atomic E-state index is 0.0587. The van der Waals surface area contributed by atoms with E-state index in [1.165, 1.54) is 0 Å². The number of fused-ring (bicyclic) bond motifs is 1. The monoisotopic (exact) mass is 288 g/mol. The van der Waals surface area contributed by atoms with Crippen LogP contribution in [0.2, 0.25) is 0 Å². The summed E-state index contributed by atoms with van der Waals surface area (Å²) in [5, 5.41) is 3.39. The SMILES string of the molecule is CCn1cc(C(=O)OCC2CNC(=O)O2)c2ccccc21. The van der Waals surface area contributed by atoms with E-state index in [2.05, 4.69) is 5.32 Å². The number of nitrogens with zero attached hydrogens (tertiary/aromatic N) is 1. The molecule has 1 aromatic heterocycles. The second-order valence-corrected chi connectivity index (χ2v) is 4.85. The minimum Gasteiger partial charge on any atom is -0.458 e. The van der Waals surface area contributed by atoms with Crippen LogP contribution in [0.5, 0.6) is 0 Å². The zero-order valence-electron chi connectivity index (χ0n) is 11.7. The van der Waals surface area contributed by atoms with Crippen LogP contribution in [-0.4, -0.2) is 35.9 Å². The molecule has 1 aromatic carbocycles. The number of cyclic esters (lactones) is 1. The van der Waals surface area contributed by atoms with Crippen molar-refractivity contribution in [2.24, 2.45) is 0 Å². The molecule has 1 N–H and O–H groups in total. The first-order valence-corrected chi connectivity index (χ1v) is 6.88. The van der Waals surface area contributed by atoms with Gasteiger partial charge in [-0.2, -0.15) is 0 Å². The number of carbonyl (C=O) groups is 2. The molecule has 1 atom stereocenters. The smallest absolute Gasteiger partial charge is 0.407 e. The minimum atomic E-state index is -0.473. The summed E-state index contributed by atoms with van der Waals surface area (Å²) in [5.41, 5.74) is 1.53. The average molecular weight is 288 g/mol. The summed E-state index contributed by atoms with van der Waals surface area (Å²) in [6, 6.07) is 7.70. The largest absolute Gasteiger partial charge is 0.458 e. The molecule has 6 nitrogen and oxygen atoms in total. The van der Waals surface area contributed by atoms with Crippen LogP contribution in [0.1, 0.15) is 17.3 Å². The van der Waals surface area contributed by atoms with Crippen LogP contribution in [0.3, 0.4) is 0 Å². The first-order chi connectivity index (χ1) is 10.2. The molecule has 1 amide bonds. The van der Waals surface area contributed by atoms with E-state index in [4.69, 9.17) is 9.47 Å². The fraction of sp³-hybridized carbons (Fsp3) is 0.333. The van der Waals surface area contributed by atoms with Crippen molar-refractivity contribution in [3.8, 4) is 0 Å². The van der Waals surface area contributed by atoms with Crippen LogP contribution in [0.25, 0.3) is 10.9 Å². The highest BCUT2D eigenvalue weighted by Gasteiger charge is 2.25. The third-order valence-corrected chi connectivity index (χ3v) is 3.50. The Morgan fingerprint density at radius 3 is 3.00 bits per heavy atom. The van der Waals surface area contributed by atoms with Gasteiger partial charge in [0, 0.05) is 23.6 Å². The van der Waals surface area contributed by atoms with E-state index in [1.807, 2.05) is 35.8 Å². The van der Waals surface area contributed by atoms with Gasteiger partial charge in [-0.15, -0.1) is 0 Å². The zero-order valence-corrected chi connectivity index (χ0v) is 11.7. The molecule has 2 heterocycles. The van der Waals surface area contributed by atoms with Crippen LogP contribution in [0.4, 0.5) is 4.79 Å². The number of amides is 1. The first-order valence-electron chi connectivity index (χ1n) is 6.88. The molecular formula is C15H16N2O4. The molecule has 0 spiro atoms. The standard InChI is InChI=1S/C15H16N2O4/c1-2-17-8-12(11-5-3-4-6-13(11)17)14(18)20-9-10-7-16-15(19)21-10/h3-6,8,10H,2,7,9H2,1H3,(H,16,19). The van der Waals surface area contributed by atoms with Crippen molar-refractivity contribution in [3.63, 3.8) is 0 Å². The van der Waals surface area contributed by atoms with E-state index < -0.39 is 18.2 Å². The maximum Gasteiger partial charge on any atom is 0.407 e. The molecule has 1 aliphatic rings. The summed E-state index contributed by atoms with van der Waals surface area (Å²) in [4.78, 5) is 23.1. The number of esters is 1. The number of para-hydroxylation sites is 1. The lowest BCUT2D eigenvalue weighted by atomic mass is 10.2. The number of carbonyl (C=O) groups excluding carboxylic acids is 2. The Bertz CT molecular complexity index is 692. The van der Waals surface area contributed by atoms with Crippen molar-refractivity contribution < 1.29 is 19.1 Å². The highest BCUT2D eigenvalue weighted by Crippen LogP contribution is 2.22. The van der Waals surface area contributed by atoms with Crippen LogP contribution in [0.15, 0.2) is 30.5 Å². The molecule has 2 aromatic rings. The predicted octanol–water partition coefficient (Wildman–Crippen LogP) is 1.93. The molecule has 3 rings (SSSR count). The van der Waals surface area contributed by atoms with Crippen LogP contribution < -0.4 is 5.32 Å². The Kier molecular flexibility index (Phi) is 3.51. The second kappa shape index (κ2) is 5.47. The summed E-state index contributed by atoms with van der Waals surface area (Å²) < 4.78 is 12.2. The third-order valence-electron chi connectivity index (χ3n) is 3.50. The van der Waals surface area contributed by atoms with Crippen molar-refractivity contribution >= 4 is 23.0 Å². The van der Waals surface area contributed by atoms with E-state index in [0.29, 0.717) is 12.1 Å². The van der Waals surface area contributed by atoms with Crippen LogP contribution in [0, 0.1) is 0 Å². The van der Waals surface area contributed by atoms with E-state index in [-0.39, 0.29) is 6.61 Å². The lowest BCUT2D eigenvalue weighted by Crippen LogP contribution is -2.22. The topological polar surface area (TPSA) is 69.6 Å². The highest BCUT2D eigenvalue weighted by atomic mass is 16.6. The van der Waals surface area contributed by atoms with Gasteiger partial charge in [0.2, 0.25) is 0 Å². The number of hydrogen-bond donors (Lipinski definition) is 1. The number of benzene rings is 1. The average Bonchev–Trinajstić information content (AvgIpc) is 3.08. The Hall–Kier alpha value is -2.50. The first kappa shape index (κ1) is 13.5. The third kappa shape index (κ3) is 2.56. The Balaban J connectivity index is 1.77. The van der Waals surface area contributed by atoms with Crippen molar-refractivity contribution in [2.75, 3.05) is 13.2 Å². The van der Waals surface area contributed by atoms with Gasteiger partial charge in [-0.05, 0) is 13.0 Å². The lowest BCUT2D eigenvalue weighted by Gasteiger charge is -2.08. The quantitative estimate of drug-likeness (QED) is 0.873. The van der Waals surface area contributed by atoms with E-state index >= 15 is 0 Å². The van der Waals surface area contributed by atoms with Gasteiger partial charge >= 0.3 is 12.1 Å². The van der Waals surface area contributed by atoms with Crippen molar-refractivity contribution in [3.05, 3.63) is 36.0 Å². The van der Waals surface area contributed by atoms with E-state index in [9.17, 15) is 9.59 Å². The Morgan fingerprint density at radius 1 is 1.48 bits per heavy atom. The summed E-state index contributed by atoms with van der Waals surface area (Å²) >= 11 is 0. The van der Waals surface area contributed by atoms with Crippen molar-refractivity contribution in [1.29, 1.82) is 0 Å². The molecule has 1 saturated heterocycles. The van der Waals surface area contributed by atoms with Crippen LogP contribution in [-0.2, 0) is 16.0 Å². The number of alkyl carbamates (subject to hydrolysis) is 1. The molecule has 1 aliphatic heterocycles. The van der Waals surface area contributed by atoms with Gasteiger partial charge in [-0.1, -0.05) is 18.2 Å². The molecule has 1 unspecified atom stereocenters. The molecule has 0 saturated carbocycles. The summed E-state index contributed by atoms with van der Waals surface area (Å²) in [6.45, 7) is 3.22. The van der Waals surface area contributed by atoms with E-state index in [0.717, 1.165) is 17.4 Å². The molecule has 21 heavy (non-hydrogen) atoms. The number of aryl methyl sites for hydroxylation is 1. The number of hydrogen-bond acceptors (Lipinski definition) is 4. The highest BCUT2D eigenvalue weighted by molar-refractivity contribution is 6.04. The Morgan fingerprint density at radius 2 is 2.29 bits per heavy atom. The maximum absolute atomic E-state index is 12.2. The number of ether oxygens (including phenoxy) is 2. The van der Waals surface area contributed by atoms with E-state index in [1.54, 1.807) is 6.20 Å². The zero-order chi connectivity index (χ0) is 14.8. The van der Waals surface area contributed by atoms with Gasteiger partial charge in [-0.25, -0.2) is 9.59 Å². The van der Waals surface area contributed by atoms with Gasteiger partial charge in [0.15, 0.2) is 6.10 Å². The summed E-state index contributed by atoms with van der Waals surface area (Å²) in [7, 11) is 0. The van der Waals surface area contributed by atoms with Gasteiger partial charge in [-0.3, -0.25) is 0 Å². The number of rotatable bonds is 4. The Labute approximate surface area is 121 Å². The van der Waals surface area contributed by atoms with Gasteiger partial charge in [0.05, 0.1) is 12.1 Å². The van der Waals surface area contributed by atoms with Gasteiger partial charge < -0.3 is 19.4 Å². The summed E-state index contributed by atoms with van der Waals surface area (Å²) in [5.74, 6) is -0.402. The fourth-order valence-corrected chi connectivity index (χ4v) is 2.44. The molecule has 0 radical (unpaired) electrons. The normalized spacial score (nSPS) is 17.6. The molecule has 0 aliphatic carbocycles. The van der Waals surface area contributed by atoms with Crippen molar-refractivity contribution in [2.45, 2.75) is 19.6 Å². The molecule has 1 fully saturated rings. The van der Waals surface area contributed by atoms with Crippen LogP contribution >= 0.6 is 0 Å². The molecular weight excluding hydrogens is 272 g/mol. The lowest BCUT2D eigenvalue weighted by molar-refractivity contribution is 0.0302. The molecule has 6 heteroatoms. The second-order valence-electron chi connectivity index (χ2n) is 4.85.